The van der Waals surface area contributed by atoms with Gasteiger partial charge < -0.3 is 0 Å². The highest BCUT2D eigenvalue weighted by atomic mass is 14.6. The lowest BCUT2D eigenvalue weighted by atomic mass is 9.54. The van der Waals surface area contributed by atoms with Gasteiger partial charge in [-0.3, -0.25) is 0 Å². The van der Waals surface area contributed by atoms with Gasteiger partial charge in [0.1, 0.15) is 0 Å². The van der Waals surface area contributed by atoms with Gasteiger partial charge in [0, 0.05) is 5.92 Å². The van der Waals surface area contributed by atoms with Crippen molar-refractivity contribution in [2.75, 3.05) is 0 Å². The Bertz CT molecular complexity index is 8830. The summed E-state index contributed by atoms with van der Waals surface area (Å²) in [4.78, 5) is 0. The van der Waals surface area contributed by atoms with Gasteiger partial charge in [-0.15, -0.1) is 0 Å². The van der Waals surface area contributed by atoms with E-state index in [0.717, 1.165) is 0 Å². The van der Waals surface area contributed by atoms with Gasteiger partial charge >= 0.3 is 0 Å². The monoisotopic (exact) mass is 918 g/mol. The lowest BCUT2D eigenvalue weighted by Crippen LogP contribution is -2.38. The average Bonchev–Trinajstić information content (AvgIpc) is 3.68. The van der Waals surface area contributed by atoms with Crippen LogP contribution in [0.25, 0.3) is 345 Å². The molecular formula is C76H6. The zero-order chi connectivity index (χ0) is 44.5. The van der Waals surface area contributed by atoms with Crippen molar-refractivity contribution in [1.82, 2.24) is 0 Å². The third-order valence-electron chi connectivity index (χ3n) is 28.1. The minimum atomic E-state index is -0.361. The lowest BCUT2D eigenvalue weighted by Gasteiger charge is -2.46. The van der Waals surface area contributed by atoms with Crippen LogP contribution in [-0.4, -0.2) is 0 Å². The minimum Gasteiger partial charge on any atom is -0.0622 e. The van der Waals surface area contributed by atoms with Crippen LogP contribution in [0.5, 0.6) is 0 Å². The first-order valence-corrected chi connectivity index (χ1v) is 28.5. The third kappa shape index (κ3) is 1.40. The van der Waals surface area contributed by atoms with Gasteiger partial charge in [0.05, 0.1) is 5.41 Å². The van der Waals surface area contributed by atoms with Crippen molar-refractivity contribution in [3.05, 3.63) is 58.1 Å². The molecule has 0 unspecified atom stereocenters. The molecule has 4 aliphatic rings. The molecule has 0 N–H and O–H groups in total. The summed E-state index contributed by atoms with van der Waals surface area (Å²) < 4.78 is 0. The summed E-state index contributed by atoms with van der Waals surface area (Å²) >= 11 is 0. The summed E-state index contributed by atoms with van der Waals surface area (Å²) in [6, 6.07) is 12.5. The molecule has 0 radical (unpaired) electrons. The molecule has 0 nitrogen and oxygen atoms in total. The van der Waals surface area contributed by atoms with Crippen LogP contribution in [0.15, 0.2) is 30.3 Å². The van der Waals surface area contributed by atoms with Crippen LogP contribution in [0.2, 0.25) is 0 Å². The Morgan fingerprint density at radius 1 is 0.158 bits per heavy atom. The predicted molar refractivity (Wildman–Crippen MR) is 324 cm³/mol. The second-order valence-electron chi connectivity index (χ2n) is 28.2. The zero-order valence-electron chi connectivity index (χ0n) is 38.5. The van der Waals surface area contributed by atoms with E-state index in [4.69, 9.17) is 0 Å². The van der Waals surface area contributed by atoms with E-state index in [1.54, 1.807) is 373 Å². The van der Waals surface area contributed by atoms with E-state index in [-0.39, 0.29) is 11.3 Å². The van der Waals surface area contributed by atoms with E-state index in [1.807, 2.05) is 0 Å². The molecule has 310 valence electrons. The van der Waals surface area contributed by atoms with Crippen LogP contribution in [0, 0.1) is 0 Å². The summed E-state index contributed by atoms with van der Waals surface area (Å²) in [5.74, 6) is 0.205. The van der Waals surface area contributed by atoms with Crippen molar-refractivity contribution < 1.29 is 0 Å². The maximum absolute atomic E-state index is 2.63. The largest absolute Gasteiger partial charge is 0.0622 e. The van der Waals surface area contributed by atoms with E-state index < -0.39 is 0 Å². The molecule has 34 aromatic rings. The lowest BCUT2D eigenvalue weighted by molar-refractivity contribution is 0.567. The molecule has 0 heteroatoms. The second kappa shape index (κ2) is 6.06. The quantitative estimate of drug-likeness (QED) is 0.114. The van der Waals surface area contributed by atoms with E-state index in [9.17, 15) is 0 Å². The topological polar surface area (TPSA) is 0 Å². The van der Waals surface area contributed by atoms with Crippen molar-refractivity contribution in [3.8, 4) is 0 Å². The van der Waals surface area contributed by atoms with Crippen molar-refractivity contribution >= 4 is 345 Å². The SMILES string of the molecule is c1ccc([C@]23c4c5c6c7c8c9c(c%10c%11c2c2c4c4c%12c5c5c6c6c8c8c%13c9c9c%10c%10c%14c%11c%11c2c2c4c4c%12c%12c5c5c6c8c6c8c%13c%13c9c%10c9c%10c%14c%11c%11c2c2c4c4c%12c5c6c5c4c4c2c%11c%10c2c9c%13c8c5c24)[C@@H]73)cc1. The molecule has 0 amide bonds. The first kappa shape index (κ1) is 27.1. The molecule has 0 fully saturated rings. The van der Waals surface area contributed by atoms with E-state index >= 15 is 0 Å². The summed E-state index contributed by atoms with van der Waals surface area (Å²) in [5, 5.41) is 107. The molecule has 34 aromatic carbocycles. The molecule has 0 aromatic heterocycles. The summed E-state index contributed by atoms with van der Waals surface area (Å²) in [5.41, 5.74) is 8.13. The zero-order valence-corrected chi connectivity index (χ0v) is 38.5. The van der Waals surface area contributed by atoms with Crippen molar-refractivity contribution in [2.45, 2.75) is 11.3 Å². The molecule has 0 aliphatic heterocycles. The Labute approximate surface area is 411 Å². The Kier molecular flexibility index (Phi) is 2.16. The van der Waals surface area contributed by atoms with Crippen molar-refractivity contribution in [3.63, 3.8) is 0 Å². The number of hydrogen-bond acceptors (Lipinski definition) is 0. The Hall–Kier alpha value is -9.62. The fourth-order valence-electron chi connectivity index (χ4n) is 28.1. The first-order valence-electron chi connectivity index (χ1n) is 28.5. The number of benzene rings is 24. The van der Waals surface area contributed by atoms with Crippen LogP contribution in [-0.2, 0) is 5.41 Å². The molecular weight excluding hydrogens is 913 g/mol. The standard InChI is InChI=1S/C76H6/c1-2-4-6(5-3-1)76-73-69-63-50-40-27-17-12-7-8-10-11-9(7)16-18(17)32-35-31-22(16)24-21(11)30-29-20(10)23-19-13(8)15-14(12)25(27)34-33-26(15)28(19)42-44-36(23)38(29)52-53-43(30)45-37(24)39(31)54-56-48(35)51(41(32)40)64(63)70(73)66(56)68-60(54)58(45)62(53)72(75(68)76)71-61(52)57(44)59-49(42)46(33)55(47(34)50)65(69)67(59)74(71)76/h1-5,73H/t73-,76+/m0/s1. The molecule has 0 saturated carbocycles. The van der Waals surface area contributed by atoms with Gasteiger partial charge in [0.25, 0.3) is 0 Å². The maximum Gasteiger partial charge on any atom is 0.0586 e. The van der Waals surface area contributed by atoms with Crippen molar-refractivity contribution in [2.24, 2.45) is 0 Å². The van der Waals surface area contributed by atoms with Crippen LogP contribution < -0.4 is 0 Å². The van der Waals surface area contributed by atoms with Gasteiger partial charge in [0.2, 0.25) is 0 Å². The van der Waals surface area contributed by atoms with Gasteiger partial charge in [0.15, 0.2) is 0 Å². The van der Waals surface area contributed by atoms with Crippen LogP contribution in [0.3, 0.4) is 0 Å². The number of hydrogen-bond donors (Lipinski definition) is 0. The van der Waals surface area contributed by atoms with E-state index in [1.165, 1.54) is 0 Å². The normalized spacial score (nSPS) is 20.8. The van der Waals surface area contributed by atoms with Crippen LogP contribution in [0.4, 0.5) is 0 Å². The van der Waals surface area contributed by atoms with Gasteiger partial charge in [-0.05, 0) is 373 Å². The fourth-order valence-corrected chi connectivity index (χ4v) is 28.1. The molecule has 2 atom stereocenters. The number of rotatable bonds is 1. The summed E-state index contributed by atoms with van der Waals surface area (Å²) in [6.07, 6.45) is 0. The van der Waals surface area contributed by atoms with Gasteiger partial charge in [-0.25, -0.2) is 0 Å². The molecule has 0 saturated heterocycles. The maximum atomic E-state index is 2.63. The molecule has 0 heterocycles. The Morgan fingerprint density at radius 2 is 0.303 bits per heavy atom. The molecule has 76 heavy (non-hydrogen) atoms. The molecule has 0 bridgehead atoms. The highest BCUT2D eigenvalue weighted by molar-refractivity contribution is 6.83. The fraction of sp³-hybridized carbons (Fsp3) is 0.0263. The van der Waals surface area contributed by atoms with Crippen molar-refractivity contribution in [1.29, 1.82) is 0 Å². The van der Waals surface area contributed by atoms with Crippen LogP contribution in [0.1, 0.15) is 33.7 Å². The Morgan fingerprint density at radius 3 is 0.500 bits per heavy atom. The van der Waals surface area contributed by atoms with Crippen LogP contribution >= 0.6 is 0 Å². The highest BCUT2D eigenvalue weighted by Gasteiger charge is 2.63. The van der Waals surface area contributed by atoms with E-state index in [0.29, 0.717) is 0 Å². The highest BCUT2D eigenvalue weighted by Crippen LogP contribution is 2.84. The summed E-state index contributed by atoms with van der Waals surface area (Å²) in [6.45, 7) is 0. The summed E-state index contributed by atoms with van der Waals surface area (Å²) in [7, 11) is 0. The third-order valence-corrected chi connectivity index (χ3v) is 28.1. The molecule has 0 spiro atoms. The van der Waals surface area contributed by atoms with Gasteiger partial charge in [-0.1, -0.05) is 30.3 Å². The van der Waals surface area contributed by atoms with Gasteiger partial charge in [-0.2, -0.15) is 0 Å². The first-order chi connectivity index (χ1) is 38.0. The minimum absolute atomic E-state index is 0.205. The molecule has 4 aliphatic carbocycles. The Balaban J connectivity index is 1.18. The van der Waals surface area contributed by atoms with E-state index in [2.05, 4.69) is 30.3 Å². The molecule has 38 rings (SSSR count). The second-order valence-corrected chi connectivity index (χ2v) is 28.2. The smallest absolute Gasteiger partial charge is 0.0586 e. The predicted octanol–water partition coefficient (Wildman–Crippen LogP) is 21.1. The average molecular weight is 919 g/mol.